The molecule has 14 heavy (non-hydrogen) atoms. The number of hydrogen-bond donors (Lipinski definition) is 1. The van der Waals surface area contributed by atoms with Crippen LogP contribution in [0.5, 0.6) is 0 Å². The molecule has 0 saturated heterocycles. The lowest BCUT2D eigenvalue weighted by atomic mass is 9.85. The Labute approximate surface area is 86.3 Å². The first-order valence-corrected chi connectivity index (χ1v) is 5.10. The summed E-state index contributed by atoms with van der Waals surface area (Å²) in [7, 11) is 0. The minimum Gasteiger partial charge on any atom is -0.356 e. The van der Waals surface area contributed by atoms with Crippen LogP contribution in [0.4, 0.5) is 0 Å². The van der Waals surface area contributed by atoms with Crippen molar-refractivity contribution in [1.82, 2.24) is 5.32 Å². The van der Waals surface area contributed by atoms with Crippen LogP contribution in [0.3, 0.4) is 0 Å². The van der Waals surface area contributed by atoms with E-state index < -0.39 is 0 Å². The molecule has 0 unspecified atom stereocenters. The monoisotopic (exact) mass is 199 g/mol. The van der Waals surface area contributed by atoms with Gasteiger partial charge in [0, 0.05) is 24.3 Å². The van der Waals surface area contributed by atoms with Gasteiger partial charge in [-0.05, 0) is 6.92 Å². The SMILES string of the molecule is CCNC(=O)[C@@H](C)CC(=O)C(C)(C)C. The van der Waals surface area contributed by atoms with Crippen LogP contribution in [0, 0.1) is 11.3 Å². The van der Waals surface area contributed by atoms with E-state index in [9.17, 15) is 9.59 Å². The van der Waals surface area contributed by atoms with Crippen molar-refractivity contribution in [2.45, 2.75) is 41.0 Å². The quantitative estimate of drug-likeness (QED) is 0.750. The van der Waals surface area contributed by atoms with Crippen molar-refractivity contribution in [2.75, 3.05) is 6.54 Å². The molecule has 0 aliphatic carbocycles. The Morgan fingerprint density at radius 1 is 1.29 bits per heavy atom. The fourth-order valence-electron chi connectivity index (χ4n) is 1.03. The summed E-state index contributed by atoms with van der Waals surface area (Å²) in [5.41, 5.74) is -0.346. The van der Waals surface area contributed by atoms with Crippen LogP contribution in [0.15, 0.2) is 0 Å². The van der Waals surface area contributed by atoms with Crippen molar-refractivity contribution in [3.05, 3.63) is 0 Å². The number of Topliss-reactive ketones (excluding diaryl/α,β-unsaturated/α-hetero) is 1. The van der Waals surface area contributed by atoms with Gasteiger partial charge >= 0.3 is 0 Å². The number of carbonyl (C=O) groups is 2. The van der Waals surface area contributed by atoms with E-state index >= 15 is 0 Å². The van der Waals surface area contributed by atoms with Gasteiger partial charge in [-0.2, -0.15) is 0 Å². The van der Waals surface area contributed by atoms with Crippen molar-refractivity contribution in [2.24, 2.45) is 11.3 Å². The van der Waals surface area contributed by atoms with Crippen molar-refractivity contribution in [1.29, 1.82) is 0 Å². The minimum atomic E-state index is -0.346. The predicted octanol–water partition coefficient (Wildman–Crippen LogP) is 1.76. The van der Waals surface area contributed by atoms with E-state index in [1.54, 1.807) is 6.92 Å². The van der Waals surface area contributed by atoms with Gasteiger partial charge in [0.2, 0.25) is 5.91 Å². The molecule has 0 bridgehead atoms. The molecule has 0 radical (unpaired) electrons. The molecular weight excluding hydrogens is 178 g/mol. The Morgan fingerprint density at radius 2 is 1.79 bits per heavy atom. The Hall–Kier alpha value is -0.860. The summed E-state index contributed by atoms with van der Waals surface area (Å²) in [6, 6.07) is 0. The highest BCUT2D eigenvalue weighted by Crippen LogP contribution is 2.19. The number of amides is 1. The summed E-state index contributed by atoms with van der Waals surface area (Å²) >= 11 is 0. The van der Waals surface area contributed by atoms with Crippen molar-refractivity contribution in [3.63, 3.8) is 0 Å². The molecule has 1 amide bonds. The van der Waals surface area contributed by atoms with Gasteiger partial charge in [-0.3, -0.25) is 9.59 Å². The lowest BCUT2D eigenvalue weighted by Crippen LogP contribution is -2.32. The summed E-state index contributed by atoms with van der Waals surface area (Å²) in [6.45, 7) is 9.90. The molecule has 0 aliphatic heterocycles. The molecule has 0 aromatic heterocycles. The topological polar surface area (TPSA) is 46.2 Å². The Bertz CT molecular complexity index is 216. The zero-order valence-electron chi connectivity index (χ0n) is 9.81. The molecule has 0 saturated carbocycles. The van der Waals surface area contributed by atoms with Crippen LogP contribution in [0.2, 0.25) is 0 Å². The van der Waals surface area contributed by atoms with Gasteiger partial charge in [0.25, 0.3) is 0 Å². The standard InChI is InChI=1S/C11H21NO2/c1-6-12-10(14)8(2)7-9(13)11(3,4)5/h8H,6-7H2,1-5H3,(H,12,14)/t8-/m0/s1. The Kier molecular flexibility index (Phi) is 4.81. The van der Waals surface area contributed by atoms with Crippen LogP contribution in [0.25, 0.3) is 0 Å². The van der Waals surface area contributed by atoms with Crippen molar-refractivity contribution >= 4 is 11.7 Å². The van der Waals surface area contributed by atoms with E-state index in [4.69, 9.17) is 0 Å². The first-order chi connectivity index (χ1) is 6.29. The highest BCUT2D eigenvalue weighted by molar-refractivity contribution is 5.89. The molecule has 0 spiro atoms. The molecule has 82 valence electrons. The Morgan fingerprint density at radius 3 is 2.14 bits per heavy atom. The molecule has 0 fully saturated rings. The third kappa shape index (κ3) is 4.40. The summed E-state index contributed by atoms with van der Waals surface area (Å²) in [6.07, 6.45) is 0.329. The van der Waals surface area contributed by atoms with Crippen LogP contribution in [-0.2, 0) is 9.59 Å². The lowest BCUT2D eigenvalue weighted by molar-refractivity contribution is -0.132. The van der Waals surface area contributed by atoms with Crippen LogP contribution < -0.4 is 5.32 Å². The molecule has 0 heterocycles. The lowest BCUT2D eigenvalue weighted by Gasteiger charge is -2.19. The van der Waals surface area contributed by atoms with E-state index in [2.05, 4.69) is 5.32 Å². The Balaban J connectivity index is 4.13. The van der Waals surface area contributed by atoms with Crippen LogP contribution in [-0.4, -0.2) is 18.2 Å². The summed E-state index contributed by atoms with van der Waals surface area (Å²) < 4.78 is 0. The molecule has 0 aromatic carbocycles. The van der Waals surface area contributed by atoms with Gasteiger partial charge in [-0.25, -0.2) is 0 Å². The van der Waals surface area contributed by atoms with E-state index in [1.165, 1.54) is 0 Å². The zero-order chi connectivity index (χ0) is 11.4. The van der Waals surface area contributed by atoms with E-state index in [-0.39, 0.29) is 23.0 Å². The van der Waals surface area contributed by atoms with Crippen LogP contribution in [0.1, 0.15) is 41.0 Å². The van der Waals surface area contributed by atoms with E-state index in [1.807, 2.05) is 27.7 Å². The summed E-state index contributed by atoms with van der Waals surface area (Å²) in [5.74, 6) is -0.122. The molecule has 3 nitrogen and oxygen atoms in total. The molecule has 0 aromatic rings. The van der Waals surface area contributed by atoms with Gasteiger partial charge in [0.05, 0.1) is 0 Å². The predicted molar refractivity (Wildman–Crippen MR) is 56.9 cm³/mol. The molecule has 0 rings (SSSR count). The number of hydrogen-bond acceptors (Lipinski definition) is 2. The second-order valence-electron chi connectivity index (χ2n) is 4.67. The minimum absolute atomic E-state index is 0.0369. The first-order valence-electron chi connectivity index (χ1n) is 5.10. The average molecular weight is 199 g/mol. The number of ketones is 1. The third-order valence-corrected chi connectivity index (χ3v) is 2.13. The zero-order valence-corrected chi connectivity index (χ0v) is 9.81. The third-order valence-electron chi connectivity index (χ3n) is 2.13. The van der Waals surface area contributed by atoms with Crippen molar-refractivity contribution in [3.8, 4) is 0 Å². The maximum Gasteiger partial charge on any atom is 0.223 e. The normalized spacial score (nSPS) is 13.5. The number of rotatable bonds is 4. The van der Waals surface area contributed by atoms with Crippen LogP contribution >= 0.6 is 0 Å². The molecule has 1 N–H and O–H groups in total. The highest BCUT2D eigenvalue weighted by atomic mass is 16.2. The molecular formula is C11H21NO2. The summed E-state index contributed by atoms with van der Waals surface area (Å²) in [4.78, 5) is 22.9. The van der Waals surface area contributed by atoms with Gasteiger partial charge in [-0.15, -0.1) is 0 Å². The highest BCUT2D eigenvalue weighted by Gasteiger charge is 2.25. The van der Waals surface area contributed by atoms with Gasteiger partial charge < -0.3 is 5.32 Å². The number of carbonyl (C=O) groups excluding carboxylic acids is 2. The molecule has 0 aliphatic rings. The molecule has 1 atom stereocenters. The molecule has 3 heteroatoms. The first kappa shape index (κ1) is 13.1. The fourth-order valence-corrected chi connectivity index (χ4v) is 1.03. The number of nitrogens with one attached hydrogen (secondary N) is 1. The van der Waals surface area contributed by atoms with Gasteiger partial charge in [0.1, 0.15) is 5.78 Å². The second-order valence-corrected chi connectivity index (χ2v) is 4.67. The van der Waals surface area contributed by atoms with Gasteiger partial charge in [0.15, 0.2) is 0 Å². The average Bonchev–Trinajstić information content (AvgIpc) is 2.02. The van der Waals surface area contributed by atoms with E-state index in [0.29, 0.717) is 13.0 Å². The smallest absolute Gasteiger partial charge is 0.223 e. The summed E-state index contributed by atoms with van der Waals surface area (Å²) in [5, 5.41) is 2.71. The largest absolute Gasteiger partial charge is 0.356 e. The van der Waals surface area contributed by atoms with E-state index in [0.717, 1.165) is 0 Å². The fraction of sp³-hybridized carbons (Fsp3) is 0.818. The van der Waals surface area contributed by atoms with Gasteiger partial charge in [-0.1, -0.05) is 27.7 Å². The maximum absolute atomic E-state index is 11.6. The maximum atomic E-state index is 11.6. The van der Waals surface area contributed by atoms with Crippen molar-refractivity contribution < 1.29 is 9.59 Å². The second kappa shape index (κ2) is 5.13.